The zero-order valence-electron chi connectivity index (χ0n) is 19.7. The average molecular weight is 492 g/mol. The molecule has 6 nitrogen and oxygen atoms in total. The number of amides is 1. The van der Waals surface area contributed by atoms with Crippen molar-refractivity contribution in [3.8, 4) is 11.5 Å². The van der Waals surface area contributed by atoms with Gasteiger partial charge >= 0.3 is 0 Å². The monoisotopic (exact) mass is 491 g/mol. The van der Waals surface area contributed by atoms with Crippen molar-refractivity contribution in [2.75, 3.05) is 11.5 Å². The first kappa shape index (κ1) is 24.4. The van der Waals surface area contributed by atoms with E-state index < -0.39 is 17.7 Å². The Hall–Kier alpha value is -3.77. The van der Waals surface area contributed by atoms with E-state index in [0.29, 0.717) is 39.9 Å². The third kappa shape index (κ3) is 5.03. The number of rotatable bonds is 7. The molecule has 7 heteroatoms. The normalized spacial score (nSPS) is 17.2. The van der Waals surface area contributed by atoms with Crippen molar-refractivity contribution < 1.29 is 24.2 Å². The second-order valence-electron chi connectivity index (χ2n) is 8.34. The van der Waals surface area contributed by atoms with Gasteiger partial charge in [-0.05, 0) is 74.9 Å². The van der Waals surface area contributed by atoms with E-state index in [-0.39, 0.29) is 17.4 Å². The van der Waals surface area contributed by atoms with Crippen molar-refractivity contribution in [1.82, 2.24) is 0 Å². The van der Waals surface area contributed by atoms with Crippen molar-refractivity contribution in [3.05, 3.63) is 94.5 Å². The van der Waals surface area contributed by atoms with E-state index in [0.717, 1.165) is 0 Å². The summed E-state index contributed by atoms with van der Waals surface area (Å²) in [6, 6.07) is 19.7. The molecule has 0 aromatic heterocycles. The Bertz CT molecular complexity index is 1270. The number of anilines is 1. The minimum atomic E-state index is -0.847. The molecule has 0 aliphatic carbocycles. The highest BCUT2D eigenvalue weighted by atomic mass is 35.5. The zero-order valence-corrected chi connectivity index (χ0v) is 20.5. The van der Waals surface area contributed by atoms with E-state index >= 15 is 0 Å². The number of benzene rings is 3. The minimum absolute atomic E-state index is 0.00657. The van der Waals surface area contributed by atoms with Crippen LogP contribution < -0.4 is 14.4 Å². The molecule has 0 bridgehead atoms. The lowest BCUT2D eigenvalue weighted by Gasteiger charge is -2.25. The van der Waals surface area contributed by atoms with Crippen LogP contribution in [0.5, 0.6) is 11.5 Å². The number of hydrogen-bond acceptors (Lipinski definition) is 5. The van der Waals surface area contributed by atoms with E-state index in [1.807, 2.05) is 20.8 Å². The summed E-state index contributed by atoms with van der Waals surface area (Å²) >= 11 is 6.09. The highest BCUT2D eigenvalue weighted by Crippen LogP contribution is 2.43. The van der Waals surface area contributed by atoms with Crippen LogP contribution in [0.4, 0.5) is 5.69 Å². The number of nitrogens with zero attached hydrogens (tertiary/aromatic N) is 1. The number of aliphatic hydroxyl groups excluding tert-OH is 1. The molecular weight excluding hydrogens is 466 g/mol. The quantitative estimate of drug-likeness (QED) is 0.243. The number of ketones is 1. The third-order valence-corrected chi connectivity index (χ3v) is 5.79. The number of carbonyl (C=O) groups is 2. The molecule has 0 radical (unpaired) electrons. The van der Waals surface area contributed by atoms with Gasteiger partial charge in [0.25, 0.3) is 11.7 Å². The van der Waals surface area contributed by atoms with Crippen LogP contribution in [0.15, 0.2) is 78.4 Å². The Kier molecular flexibility index (Phi) is 7.12. The lowest BCUT2D eigenvalue weighted by atomic mass is 9.95. The Morgan fingerprint density at radius 3 is 2.31 bits per heavy atom. The molecule has 1 heterocycles. The minimum Gasteiger partial charge on any atom is -0.507 e. The highest BCUT2D eigenvalue weighted by Gasteiger charge is 2.47. The van der Waals surface area contributed by atoms with Gasteiger partial charge in [0.05, 0.1) is 24.3 Å². The van der Waals surface area contributed by atoms with Crippen molar-refractivity contribution in [2.24, 2.45) is 0 Å². The van der Waals surface area contributed by atoms with Crippen molar-refractivity contribution in [3.63, 3.8) is 0 Å². The summed E-state index contributed by atoms with van der Waals surface area (Å²) in [4.78, 5) is 28.0. The molecule has 1 unspecified atom stereocenters. The molecule has 1 aliphatic rings. The van der Waals surface area contributed by atoms with E-state index in [2.05, 4.69) is 0 Å². The lowest BCUT2D eigenvalue weighted by Crippen LogP contribution is -2.29. The number of ether oxygens (including phenoxy) is 2. The second-order valence-corrected chi connectivity index (χ2v) is 8.78. The van der Waals surface area contributed by atoms with Gasteiger partial charge in [-0.25, -0.2) is 0 Å². The van der Waals surface area contributed by atoms with Crippen LogP contribution in [0, 0.1) is 0 Å². The molecule has 35 heavy (non-hydrogen) atoms. The second kappa shape index (κ2) is 10.2. The molecule has 1 saturated heterocycles. The summed E-state index contributed by atoms with van der Waals surface area (Å²) in [5.41, 5.74) is 1.52. The Labute approximate surface area is 209 Å². The van der Waals surface area contributed by atoms with E-state index in [1.54, 1.807) is 72.8 Å². The Morgan fingerprint density at radius 1 is 1.00 bits per heavy atom. The molecule has 3 aromatic rings. The molecule has 3 aromatic carbocycles. The van der Waals surface area contributed by atoms with E-state index in [1.165, 1.54) is 4.90 Å². The number of hydrogen-bond donors (Lipinski definition) is 1. The number of Topliss-reactive ketones (excluding diaryl/α,β-unsaturated/α-hetero) is 1. The van der Waals surface area contributed by atoms with Gasteiger partial charge in [-0.1, -0.05) is 35.9 Å². The highest BCUT2D eigenvalue weighted by molar-refractivity contribution is 6.51. The first-order valence-corrected chi connectivity index (χ1v) is 11.7. The van der Waals surface area contributed by atoms with Crippen LogP contribution in [0.25, 0.3) is 5.76 Å². The molecule has 0 saturated carbocycles. The third-order valence-electron chi connectivity index (χ3n) is 5.54. The van der Waals surface area contributed by atoms with Crippen LogP contribution in [-0.4, -0.2) is 29.5 Å². The van der Waals surface area contributed by atoms with Crippen LogP contribution in [0.2, 0.25) is 5.02 Å². The smallest absolute Gasteiger partial charge is 0.300 e. The maximum atomic E-state index is 13.3. The van der Waals surface area contributed by atoms with Gasteiger partial charge in [-0.15, -0.1) is 0 Å². The summed E-state index contributed by atoms with van der Waals surface area (Å²) in [6.45, 7) is 6.19. The standard InChI is InChI=1S/C28H26ClNO5/c1-4-34-22-14-12-21(13-15-22)30-25(18-8-10-20(29)11-9-18)24(27(32)28(30)33)26(31)19-6-5-7-23(16-19)35-17(2)3/h5-17,25,31H,4H2,1-3H3/b26-24-. The number of halogens is 1. The van der Waals surface area contributed by atoms with Crippen molar-refractivity contribution in [2.45, 2.75) is 32.9 Å². The first-order valence-electron chi connectivity index (χ1n) is 11.4. The SMILES string of the molecule is CCOc1ccc(N2C(=O)C(=O)/C(=C(\O)c3cccc(OC(C)C)c3)C2c2ccc(Cl)cc2)cc1. The average Bonchev–Trinajstić information content (AvgIpc) is 3.10. The fourth-order valence-electron chi connectivity index (χ4n) is 4.07. The topological polar surface area (TPSA) is 76.1 Å². The lowest BCUT2D eigenvalue weighted by molar-refractivity contribution is -0.132. The molecule has 1 atom stereocenters. The zero-order chi connectivity index (χ0) is 25.1. The molecule has 0 spiro atoms. The van der Waals surface area contributed by atoms with E-state index in [9.17, 15) is 14.7 Å². The maximum Gasteiger partial charge on any atom is 0.300 e. The molecule has 1 aliphatic heterocycles. The first-order chi connectivity index (χ1) is 16.8. The Morgan fingerprint density at radius 2 is 1.69 bits per heavy atom. The van der Waals surface area contributed by atoms with Gasteiger partial charge in [0.2, 0.25) is 0 Å². The summed E-state index contributed by atoms with van der Waals surface area (Å²) in [5, 5.41) is 11.8. The predicted molar refractivity (Wildman–Crippen MR) is 136 cm³/mol. The largest absolute Gasteiger partial charge is 0.507 e. The fourth-order valence-corrected chi connectivity index (χ4v) is 4.20. The fraction of sp³-hybridized carbons (Fsp3) is 0.214. The summed E-state index contributed by atoms with van der Waals surface area (Å²) in [6.07, 6.45) is -0.0632. The van der Waals surface area contributed by atoms with Gasteiger partial charge in [0.1, 0.15) is 17.3 Å². The molecular formula is C28H26ClNO5. The van der Waals surface area contributed by atoms with Crippen LogP contribution >= 0.6 is 11.6 Å². The maximum absolute atomic E-state index is 13.3. The molecule has 4 rings (SSSR count). The molecule has 1 fully saturated rings. The summed E-state index contributed by atoms with van der Waals surface area (Å²) in [7, 11) is 0. The van der Waals surface area contributed by atoms with Gasteiger partial charge in [-0.2, -0.15) is 0 Å². The van der Waals surface area contributed by atoms with Crippen LogP contribution in [0.3, 0.4) is 0 Å². The molecule has 1 N–H and O–H groups in total. The van der Waals surface area contributed by atoms with Gasteiger partial charge in [0.15, 0.2) is 0 Å². The van der Waals surface area contributed by atoms with Crippen LogP contribution in [-0.2, 0) is 9.59 Å². The van der Waals surface area contributed by atoms with Crippen LogP contribution in [0.1, 0.15) is 37.9 Å². The molecule has 180 valence electrons. The predicted octanol–water partition coefficient (Wildman–Crippen LogP) is 6.15. The Balaban J connectivity index is 1.86. The van der Waals surface area contributed by atoms with Crippen molar-refractivity contribution in [1.29, 1.82) is 0 Å². The van der Waals surface area contributed by atoms with Crippen molar-refractivity contribution >= 4 is 34.7 Å². The van der Waals surface area contributed by atoms with Gasteiger partial charge in [0, 0.05) is 16.3 Å². The summed E-state index contributed by atoms with van der Waals surface area (Å²) < 4.78 is 11.2. The van der Waals surface area contributed by atoms with E-state index in [4.69, 9.17) is 21.1 Å². The van der Waals surface area contributed by atoms with Gasteiger partial charge < -0.3 is 14.6 Å². The number of aliphatic hydroxyl groups is 1. The van der Waals surface area contributed by atoms with Gasteiger partial charge in [-0.3, -0.25) is 14.5 Å². The number of carbonyl (C=O) groups excluding carboxylic acids is 2. The molecule has 1 amide bonds. The summed E-state index contributed by atoms with van der Waals surface area (Å²) in [5.74, 6) is -0.576.